The highest BCUT2D eigenvalue weighted by Gasteiger charge is 2.30. The lowest BCUT2D eigenvalue weighted by atomic mass is 10.0. The molecule has 0 amide bonds. The molecule has 2 aromatic carbocycles. The van der Waals surface area contributed by atoms with Crippen LogP contribution in [0.2, 0.25) is 15.1 Å². The van der Waals surface area contributed by atoms with Crippen molar-refractivity contribution < 1.29 is 14.6 Å². The lowest BCUT2D eigenvalue weighted by molar-refractivity contribution is -0.138. The van der Waals surface area contributed by atoms with Crippen LogP contribution in [-0.4, -0.2) is 24.7 Å². The van der Waals surface area contributed by atoms with Gasteiger partial charge >= 0.3 is 5.97 Å². The van der Waals surface area contributed by atoms with Crippen molar-refractivity contribution >= 4 is 46.5 Å². The van der Waals surface area contributed by atoms with Crippen molar-refractivity contribution in [2.75, 3.05) is 18.6 Å². The molecule has 0 aliphatic carbocycles. The minimum Gasteiger partial charge on any atom is -0.496 e. The molecule has 0 saturated carbocycles. The molecular weight excluding hydrogens is 373 g/mol. The average Bonchev–Trinajstić information content (AvgIpc) is 2.56. The van der Waals surface area contributed by atoms with E-state index in [1.54, 1.807) is 35.2 Å². The fraction of sp³-hybridized carbons (Fsp3) is 0.235. The predicted molar refractivity (Wildman–Crippen MR) is 97.9 cm³/mol. The number of likely N-dealkylation sites (N-methyl/N-ethyl adjacent to an activating group) is 1. The highest BCUT2D eigenvalue weighted by atomic mass is 35.5. The van der Waals surface area contributed by atoms with E-state index in [-0.39, 0.29) is 0 Å². The molecular formula is C17H16Cl3NO3. The minimum absolute atomic E-state index is 0.304. The van der Waals surface area contributed by atoms with Gasteiger partial charge in [-0.05, 0) is 25.1 Å². The summed E-state index contributed by atoms with van der Waals surface area (Å²) in [6.45, 7) is 2.23. The van der Waals surface area contributed by atoms with Crippen LogP contribution in [0.3, 0.4) is 0 Å². The Labute approximate surface area is 155 Å². The zero-order chi connectivity index (χ0) is 17.9. The lowest BCUT2D eigenvalue weighted by Gasteiger charge is -2.31. The lowest BCUT2D eigenvalue weighted by Crippen LogP contribution is -2.34. The molecule has 128 valence electrons. The van der Waals surface area contributed by atoms with Crippen LogP contribution in [0, 0.1) is 0 Å². The van der Waals surface area contributed by atoms with Crippen molar-refractivity contribution in [2.24, 2.45) is 0 Å². The van der Waals surface area contributed by atoms with Crippen molar-refractivity contribution in [2.45, 2.75) is 13.0 Å². The molecule has 2 rings (SSSR count). The van der Waals surface area contributed by atoms with E-state index in [1.165, 1.54) is 13.2 Å². The molecule has 24 heavy (non-hydrogen) atoms. The molecule has 0 heterocycles. The molecule has 0 radical (unpaired) electrons. The molecule has 0 saturated heterocycles. The van der Waals surface area contributed by atoms with Crippen molar-refractivity contribution in [1.82, 2.24) is 0 Å². The number of hydrogen-bond donors (Lipinski definition) is 1. The molecule has 0 spiro atoms. The van der Waals surface area contributed by atoms with Gasteiger partial charge in [0.05, 0.1) is 27.9 Å². The molecule has 0 aliphatic heterocycles. The summed E-state index contributed by atoms with van der Waals surface area (Å²) in [5, 5.41) is 10.8. The number of carboxylic acid groups (broad SMARTS) is 1. The zero-order valence-corrected chi connectivity index (χ0v) is 15.4. The highest BCUT2D eigenvalue weighted by Crippen LogP contribution is 2.39. The Bertz CT molecular complexity index is 752. The first-order chi connectivity index (χ1) is 11.4. The number of hydrogen-bond acceptors (Lipinski definition) is 3. The van der Waals surface area contributed by atoms with Crippen LogP contribution in [0.5, 0.6) is 5.75 Å². The van der Waals surface area contributed by atoms with Crippen LogP contribution in [0.25, 0.3) is 0 Å². The molecule has 4 nitrogen and oxygen atoms in total. The van der Waals surface area contributed by atoms with Crippen LogP contribution in [-0.2, 0) is 4.79 Å². The summed E-state index contributed by atoms with van der Waals surface area (Å²) >= 11 is 18.3. The van der Waals surface area contributed by atoms with Gasteiger partial charge in [0.15, 0.2) is 6.04 Å². The second-order valence-electron chi connectivity index (χ2n) is 4.99. The molecule has 1 N–H and O–H groups in total. The summed E-state index contributed by atoms with van der Waals surface area (Å²) in [5.74, 6) is -0.539. The summed E-state index contributed by atoms with van der Waals surface area (Å²) < 4.78 is 5.31. The summed E-state index contributed by atoms with van der Waals surface area (Å²) in [4.78, 5) is 13.6. The molecule has 1 atom stereocenters. The minimum atomic E-state index is -1.02. The van der Waals surface area contributed by atoms with Gasteiger partial charge in [0.2, 0.25) is 0 Å². The van der Waals surface area contributed by atoms with Crippen molar-refractivity contribution in [3.05, 3.63) is 57.0 Å². The fourth-order valence-corrected chi connectivity index (χ4v) is 3.20. The Morgan fingerprint density at radius 3 is 2.38 bits per heavy atom. The van der Waals surface area contributed by atoms with Gasteiger partial charge in [-0.1, -0.05) is 53.0 Å². The van der Waals surface area contributed by atoms with E-state index in [2.05, 4.69) is 0 Å². The molecule has 7 heteroatoms. The van der Waals surface area contributed by atoms with Gasteiger partial charge in [0.1, 0.15) is 5.75 Å². The van der Waals surface area contributed by atoms with Gasteiger partial charge in [0, 0.05) is 12.1 Å². The van der Waals surface area contributed by atoms with Gasteiger partial charge < -0.3 is 14.7 Å². The number of ether oxygens (including phenoxy) is 1. The Morgan fingerprint density at radius 1 is 1.17 bits per heavy atom. The van der Waals surface area contributed by atoms with E-state index < -0.39 is 12.0 Å². The summed E-state index contributed by atoms with van der Waals surface area (Å²) in [6.07, 6.45) is 0. The maximum Gasteiger partial charge on any atom is 0.331 e. The van der Waals surface area contributed by atoms with Crippen LogP contribution in [0.15, 0.2) is 36.4 Å². The third-order valence-corrected chi connectivity index (χ3v) is 4.64. The summed E-state index contributed by atoms with van der Waals surface area (Å²) in [6, 6.07) is 9.06. The first-order valence-corrected chi connectivity index (χ1v) is 8.31. The molecule has 0 fully saturated rings. The number of halogens is 3. The second-order valence-corrected chi connectivity index (χ2v) is 6.21. The Balaban J connectivity index is 2.61. The first-order valence-electron chi connectivity index (χ1n) is 7.17. The van der Waals surface area contributed by atoms with E-state index in [0.717, 1.165) is 0 Å². The third-order valence-electron chi connectivity index (χ3n) is 3.62. The van der Waals surface area contributed by atoms with Gasteiger partial charge in [-0.2, -0.15) is 0 Å². The predicted octanol–water partition coefficient (Wildman–Crippen LogP) is 5.31. The van der Waals surface area contributed by atoms with Crippen LogP contribution >= 0.6 is 34.8 Å². The summed E-state index contributed by atoms with van der Waals surface area (Å²) in [5.41, 5.74) is 1.02. The van der Waals surface area contributed by atoms with Gasteiger partial charge in [-0.3, -0.25) is 0 Å². The molecule has 0 aliphatic rings. The third kappa shape index (κ3) is 3.72. The van der Waals surface area contributed by atoms with Crippen molar-refractivity contribution in [3.8, 4) is 5.75 Å². The van der Waals surface area contributed by atoms with Gasteiger partial charge in [-0.25, -0.2) is 4.79 Å². The molecule has 1 unspecified atom stereocenters. The van der Waals surface area contributed by atoms with Crippen LogP contribution in [0.1, 0.15) is 18.5 Å². The smallest absolute Gasteiger partial charge is 0.331 e. The van der Waals surface area contributed by atoms with Crippen molar-refractivity contribution in [1.29, 1.82) is 0 Å². The maximum atomic E-state index is 12.0. The SMILES string of the molecule is CCN(c1cc(Cl)c(Cl)cc1Cl)C(C(=O)O)c1ccccc1OC. The number of para-hydroxylation sites is 1. The number of aliphatic carboxylic acids is 1. The number of anilines is 1. The topological polar surface area (TPSA) is 49.8 Å². The van der Waals surface area contributed by atoms with E-state index in [4.69, 9.17) is 39.5 Å². The van der Waals surface area contributed by atoms with Crippen molar-refractivity contribution in [3.63, 3.8) is 0 Å². The van der Waals surface area contributed by atoms with E-state index >= 15 is 0 Å². The van der Waals surface area contributed by atoms with Crippen LogP contribution in [0.4, 0.5) is 5.69 Å². The Morgan fingerprint density at radius 2 is 1.79 bits per heavy atom. The number of carbonyl (C=O) groups is 1. The van der Waals surface area contributed by atoms with Gasteiger partial charge in [0.25, 0.3) is 0 Å². The quantitative estimate of drug-likeness (QED) is 0.682. The normalized spacial score (nSPS) is 11.9. The standard InChI is InChI=1S/C17H16Cl3NO3/c1-3-21(14-9-12(19)11(18)8-13(14)20)16(17(22)23)10-6-4-5-7-15(10)24-2/h4-9,16H,3H2,1-2H3,(H,22,23). The maximum absolute atomic E-state index is 12.0. The monoisotopic (exact) mass is 387 g/mol. The van der Waals surface area contributed by atoms with Crippen LogP contribution < -0.4 is 9.64 Å². The van der Waals surface area contributed by atoms with E-state index in [9.17, 15) is 9.90 Å². The zero-order valence-electron chi connectivity index (χ0n) is 13.1. The Kier molecular flexibility index (Phi) is 6.21. The number of nitrogens with zero attached hydrogens (tertiary/aromatic N) is 1. The highest BCUT2D eigenvalue weighted by molar-refractivity contribution is 6.44. The molecule has 0 bridgehead atoms. The number of rotatable bonds is 6. The molecule has 2 aromatic rings. The number of carboxylic acids is 1. The molecule has 0 aromatic heterocycles. The van der Waals surface area contributed by atoms with Gasteiger partial charge in [-0.15, -0.1) is 0 Å². The average molecular weight is 389 g/mol. The summed E-state index contributed by atoms with van der Waals surface area (Å²) in [7, 11) is 1.50. The fourth-order valence-electron chi connectivity index (χ4n) is 2.55. The first kappa shape index (κ1) is 18.7. The second kappa shape index (κ2) is 7.97. The number of methoxy groups -OCH3 is 1. The van der Waals surface area contributed by atoms with E-state index in [0.29, 0.717) is 38.6 Å². The largest absolute Gasteiger partial charge is 0.496 e. The number of benzene rings is 2. The van der Waals surface area contributed by atoms with E-state index in [1.807, 2.05) is 6.92 Å². The Hall–Kier alpha value is -1.62.